The molecule has 0 saturated heterocycles. The van der Waals surface area contributed by atoms with Crippen LogP contribution in [0.1, 0.15) is 143 Å². The number of nitrogens with two attached hydrogens (primary N) is 1. The van der Waals surface area contributed by atoms with Gasteiger partial charge in [-0.05, 0) is 101 Å². The van der Waals surface area contributed by atoms with Crippen LogP contribution in [-0.4, -0.2) is 121 Å². The lowest BCUT2D eigenvalue weighted by Gasteiger charge is -2.25. The van der Waals surface area contributed by atoms with Crippen LogP contribution in [0.5, 0.6) is 0 Å². The van der Waals surface area contributed by atoms with Gasteiger partial charge in [-0.1, -0.05) is 70.5 Å². The number of Topliss-reactive ketones (excluding diaryl/α,β-unsaturated/α-hetero) is 2. The highest BCUT2D eigenvalue weighted by Gasteiger charge is 2.44. The number of primary amides is 1. The summed E-state index contributed by atoms with van der Waals surface area (Å²) in [6.07, 6.45) is 17.9. The van der Waals surface area contributed by atoms with Gasteiger partial charge in [0, 0.05) is 111 Å². The van der Waals surface area contributed by atoms with Gasteiger partial charge in [-0.3, -0.25) is 43.0 Å². The molecular weight excluding hydrogens is 1040 g/mol. The average molecular weight is 1120 g/mol. The van der Waals surface area contributed by atoms with Gasteiger partial charge in [0.1, 0.15) is 6.54 Å². The lowest BCUT2D eigenvalue weighted by molar-refractivity contribution is -0.438. The van der Waals surface area contributed by atoms with E-state index in [1.54, 1.807) is 26.0 Å². The first-order chi connectivity index (χ1) is 37.9. The number of para-hydroxylation sites is 1. The standard InChI is InChI=1S/C60H82N8O11S/c1-8-66-48-31-30-44(80(77,78)79)39-46(48)60(6,7)50(66)26-12-9-13-27-51-59(4,5)45-24-16-17-25-47(45)67(51)36-18-10-14-28-52(71)62-34-21-23-43(69)40-64-57(75)42(22-20-35-63-58(61)76)38-49(70)56(41(2)3)65-53(72)29-15-11-19-37-68-54(73)32-33-55(68)74/h9,12-13,16-17,24-27,30-33,39,41-42,56H,8,10-11,14-15,18-23,28-29,34-38,40H2,1-7H3,(H6-,61,62,63,64,65,71,72,75,76,77,78,79)/p+1/t42-,56+/m1/s1. The largest absolute Gasteiger partial charge is 0.356 e. The summed E-state index contributed by atoms with van der Waals surface area (Å²) in [5, 5.41) is 10.8. The second-order valence-electron chi connectivity index (χ2n) is 22.1. The van der Waals surface area contributed by atoms with Crippen LogP contribution in [0.3, 0.4) is 0 Å². The van der Waals surface area contributed by atoms with Crippen LogP contribution in [0.15, 0.2) is 95.6 Å². The molecule has 3 heterocycles. The molecule has 434 valence electrons. The van der Waals surface area contributed by atoms with Crippen LogP contribution < -0.4 is 31.9 Å². The number of nitrogens with one attached hydrogen (secondary N) is 4. The number of imide groups is 1. The topological polar surface area (TPSA) is 275 Å². The lowest BCUT2D eigenvalue weighted by Crippen LogP contribution is -2.46. The van der Waals surface area contributed by atoms with Crippen molar-refractivity contribution >= 4 is 74.3 Å². The quantitative estimate of drug-likeness (QED) is 0.0140. The van der Waals surface area contributed by atoms with Gasteiger partial charge in [-0.15, -0.1) is 0 Å². The summed E-state index contributed by atoms with van der Waals surface area (Å²) in [6, 6.07) is 11.5. The number of fused-ring (bicyclic) bond motifs is 2. The van der Waals surface area contributed by atoms with Gasteiger partial charge < -0.3 is 31.9 Å². The Kier molecular flexibility index (Phi) is 23.4. The number of allylic oxidation sites excluding steroid dienone is 6. The maximum Gasteiger partial charge on any atom is 0.312 e. The summed E-state index contributed by atoms with van der Waals surface area (Å²) in [5.41, 5.74) is 10.7. The minimum atomic E-state index is -4.35. The second-order valence-corrected chi connectivity index (χ2v) is 23.5. The average Bonchev–Trinajstić information content (AvgIpc) is 3.99. The van der Waals surface area contributed by atoms with Crippen molar-refractivity contribution in [1.29, 1.82) is 0 Å². The number of hydrogen-bond donors (Lipinski definition) is 6. The molecule has 2 atom stereocenters. The Bertz CT molecular complexity index is 2880. The number of carbonyl (C=O) groups excluding carboxylic acids is 8. The lowest BCUT2D eigenvalue weighted by atomic mass is 9.81. The third-order valence-electron chi connectivity index (χ3n) is 15.1. The van der Waals surface area contributed by atoms with Gasteiger partial charge in [0.05, 0.1) is 22.9 Å². The van der Waals surface area contributed by atoms with E-state index in [1.807, 2.05) is 45.1 Å². The van der Waals surface area contributed by atoms with Crippen LogP contribution in [0.4, 0.5) is 16.2 Å². The van der Waals surface area contributed by atoms with Crippen LogP contribution in [-0.2, 0) is 54.5 Å². The molecule has 3 aliphatic heterocycles. The fourth-order valence-electron chi connectivity index (χ4n) is 10.7. The highest BCUT2D eigenvalue weighted by atomic mass is 32.2. The van der Waals surface area contributed by atoms with Gasteiger partial charge in [0.15, 0.2) is 17.3 Å². The molecule has 2 aromatic carbocycles. The first-order valence-corrected chi connectivity index (χ1v) is 29.5. The fourth-order valence-corrected chi connectivity index (χ4v) is 11.2. The maximum atomic E-state index is 13.6. The molecule has 0 bridgehead atoms. The van der Waals surface area contributed by atoms with Crippen molar-refractivity contribution in [2.45, 2.75) is 154 Å². The Morgan fingerprint density at radius 2 is 1.43 bits per heavy atom. The van der Waals surface area contributed by atoms with E-state index in [0.717, 1.165) is 52.6 Å². The summed E-state index contributed by atoms with van der Waals surface area (Å²) < 4.78 is 36.0. The molecule has 19 nitrogen and oxygen atoms in total. The molecule has 0 aromatic heterocycles. The fraction of sp³-hybridized carbons (Fsp3) is 0.517. The Hall–Kier alpha value is -7.06. The minimum absolute atomic E-state index is 0.109. The third kappa shape index (κ3) is 17.5. The number of likely N-dealkylation sites (N-methyl/N-ethyl adjacent to an activating group) is 1. The van der Waals surface area contributed by atoms with Crippen LogP contribution in [0, 0.1) is 11.8 Å². The van der Waals surface area contributed by atoms with Crippen molar-refractivity contribution in [2.75, 3.05) is 44.2 Å². The number of anilines is 1. The summed E-state index contributed by atoms with van der Waals surface area (Å²) in [7, 11) is -4.35. The van der Waals surface area contributed by atoms with Gasteiger partial charge in [-0.2, -0.15) is 13.0 Å². The minimum Gasteiger partial charge on any atom is -0.356 e. The number of hydrogen-bond acceptors (Lipinski definition) is 11. The third-order valence-corrected chi connectivity index (χ3v) is 15.9. The predicted octanol–water partition coefficient (Wildman–Crippen LogP) is 6.92. The summed E-state index contributed by atoms with van der Waals surface area (Å²) in [6.45, 7) is 16.0. The van der Waals surface area contributed by atoms with Crippen molar-refractivity contribution < 1.29 is 55.9 Å². The number of ketones is 2. The van der Waals surface area contributed by atoms with Crippen molar-refractivity contribution in [2.24, 2.45) is 17.6 Å². The highest BCUT2D eigenvalue weighted by Crippen LogP contribution is 2.48. The molecule has 20 heteroatoms. The number of carbonyl (C=O) groups is 8. The molecule has 7 N–H and O–H groups in total. The van der Waals surface area contributed by atoms with Crippen LogP contribution in [0.2, 0.25) is 0 Å². The predicted molar refractivity (Wildman–Crippen MR) is 308 cm³/mol. The number of benzene rings is 2. The smallest absolute Gasteiger partial charge is 0.312 e. The van der Waals surface area contributed by atoms with Crippen LogP contribution >= 0.6 is 0 Å². The molecule has 5 rings (SSSR count). The van der Waals surface area contributed by atoms with Crippen LogP contribution in [0.25, 0.3) is 0 Å². The van der Waals surface area contributed by atoms with E-state index in [1.165, 1.54) is 23.8 Å². The molecule has 0 aliphatic carbocycles. The SMILES string of the molecule is CCN1C(=CC=CC=CC2=[N+](CCCCCC(=O)NCCCC(=O)CNC(=O)[C@H](CCCNC(N)=O)CC(=O)[C@@H](NC(=O)CCCCCN3C(=O)C=CC3=O)C(C)C)c3ccccc3C2(C)C)C(C)(C)c2cc(S(=O)(=O)O)ccc21. The molecule has 0 spiro atoms. The van der Waals surface area contributed by atoms with E-state index in [0.29, 0.717) is 58.0 Å². The zero-order valence-electron chi connectivity index (χ0n) is 47.6. The van der Waals surface area contributed by atoms with Gasteiger partial charge >= 0.3 is 6.03 Å². The monoisotopic (exact) mass is 1120 g/mol. The Balaban J connectivity index is 1.04. The van der Waals surface area contributed by atoms with E-state index in [2.05, 4.69) is 74.9 Å². The summed E-state index contributed by atoms with van der Waals surface area (Å²) in [4.78, 5) is 104. The molecular formula is C60H83N8O11S+. The first kappa shape index (κ1) is 63.8. The normalized spacial score (nSPS) is 16.7. The summed E-state index contributed by atoms with van der Waals surface area (Å²) >= 11 is 0. The molecule has 0 radical (unpaired) electrons. The highest BCUT2D eigenvalue weighted by molar-refractivity contribution is 7.85. The van der Waals surface area contributed by atoms with Gasteiger partial charge in [0.2, 0.25) is 23.4 Å². The number of rotatable bonds is 33. The van der Waals surface area contributed by atoms with E-state index in [4.69, 9.17) is 5.73 Å². The maximum absolute atomic E-state index is 13.6. The van der Waals surface area contributed by atoms with Gasteiger partial charge in [0.25, 0.3) is 21.9 Å². The first-order valence-electron chi connectivity index (χ1n) is 28.0. The molecule has 0 saturated carbocycles. The number of amides is 7. The van der Waals surface area contributed by atoms with Crippen molar-refractivity contribution in [1.82, 2.24) is 26.2 Å². The number of nitrogens with zero attached hydrogens (tertiary/aromatic N) is 3. The number of urea groups is 1. The van der Waals surface area contributed by atoms with Crippen molar-refractivity contribution in [3.63, 3.8) is 0 Å². The molecule has 2 aromatic rings. The van der Waals surface area contributed by atoms with E-state index < -0.39 is 39.4 Å². The van der Waals surface area contributed by atoms with Crippen molar-refractivity contribution in [3.05, 3.63) is 102 Å². The van der Waals surface area contributed by atoms with Gasteiger partial charge in [-0.25, -0.2) is 4.79 Å². The Labute approximate surface area is 471 Å². The van der Waals surface area contributed by atoms with E-state index >= 15 is 0 Å². The second kappa shape index (κ2) is 29.4. The van der Waals surface area contributed by atoms with E-state index in [9.17, 15) is 51.3 Å². The molecule has 3 aliphatic rings. The van der Waals surface area contributed by atoms with E-state index in [-0.39, 0.29) is 96.7 Å². The molecule has 80 heavy (non-hydrogen) atoms. The Morgan fingerprint density at radius 3 is 2.10 bits per heavy atom. The zero-order chi connectivity index (χ0) is 58.8. The zero-order valence-corrected chi connectivity index (χ0v) is 48.4. The van der Waals surface area contributed by atoms with Crippen molar-refractivity contribution in [3.8, 4) is 0 Å². The number of unbranched alkanes of at least 4 members (excludes halogenated alkanes) is 4. The summed E-state index contributed by atoms with van der Waals surface area (Å²) in [5.74, 6) is -3.39. The molecule has 0 fully saturated rings. The Morgan fingerprint density at radius 1 is 0.750 bits per heavy atom. The molecule has 0 unspecified atom stereocenters. The molecule has 7 amide bonds.